The van der Waals surface area contributed by atoms with Crippen LogP contribution in [-0.4, -0.2) is 42.8 Å². The number of hydrogen-bond donors (Lipinski definition) is 1. The predicted molar refractivity (Wildman–Crippen MR) is 115 cm³/mol. The highest BCUT2D eigenvalue weighted by Gasteiger charge is 2.44. The van der Waals surface area contributed by atoms with E-state index in [4.69, 9.17) is 0 Å². The number of fused-ring (bicyclic) bond motifs is 1. The van der Waals surface area contributed by atoms with Crippen molar-refractivity contribution < 1.29 is 22.4 Å². The highest BCUT2D eigenvalue weighted by Crippen LogP contribution is 2.43. The molecule has 164 valence electrons. The van der Waals surface area contributed by atoms with E-state index in [-0.39, 0.29) is 29.0 Å². The summed E-state index contributed by atoms with van der Waals surface area (Å²) in [6, 6.07) is 6.41. The lowest BCUT2D eigenvalue weighted by molar-refractivity contribution is -0.122. The van der Waals surface area contributed by atoms with Crippen molar-refractivity contribution in [1.82, 2.24) is 4.98 Å². The first kappa shape index (κ1) is 21.4. The normalized spacial score (nSPS) is 17.5. The number of rotatable bonds is 7. The van der Waals surface area contributed by atoms with Crippen LogP contribution in [0.1, 0.15) is 49.0 Å². The van der Waals surface area contributed by atoms with Crippen LogP contribution in [0.5, 0.6) is 0 Å². The molecule has 1 aliphatic carbocycles. The van der Waals surface area contributed by atoms with Crippen molar-refractivity contribution in [3.05, 3.63) is 53.6 Å². The molecule has 1 aromatic carbocycles. The van der Waals surface area contributed by atoms with Crippen molar-refractivity contribution in [2.75, 3.05) is 22.5 Å². The van der Waals surface area contributed by atoms with Crippen molar-refractivity contribution in [3.8, 4) is 0 Å². The molecule has 0 saturated heterocycles. The second kappa shape index (κ2) is 7.71. The van der Waals surface area contributed by atoms with Gasteiger partial charge in [-0.05, 0) is 56.9 Å². The Balaban J connectivity index is 1.54. The number of carbonyl (C=O) groups is 2. The number of halogens is 1. The summed E-state index contributed by atoms with van der Waals surface area (Å²) >= 11 is 0. The molecule has 7 nitrogen and oxygen atoms in total. The maximum atomic E-state index is 13.8. The molecule has 2 heterocycles. The second-order valence-electron chi connectivity index (χ2n) is 8.54. The lowest BCUT2D eigenvalue weighted by Gasteiger charge is -2.20. The number of hydrogen-bond acceptors (Lipinski definition) is 5. The molecule has 1 aromatic heterocycles. The van der Waals surface area contributed by atoms with Gasteiger partial charge < -0.3 is 10.2 Å². The summed E-state index contributed by atoms with van der Waals surface area (Å²) < 4.78 is 38.2. The summed E-state index contributed by atoms with van der Waals surface area (Å²) in [6.07, 6.45) is 4.10. The summed E-state index contributed by atoms with van der Waals surface area (Å²) in [7, 11) is -3.10. The predicted octanol–water partition coefficient (Wildman–Crippen LogP) is 3.06. The van der Waals surface area contributed by atoms with E-state index >= 15 is 0 Å². The van der Waals surface area contributed by atoms with Gasteiger partial charge in [0.2, 0.25) is 5.91 Å². The number of sulfone groups is 1. The van der Waals surface area contributed by atoms with Gasteiger partial charge in [-0.1, -0.05) is 6.07 Å². The van der Waals surface area contributed by atoms with Crippen molar-refractivity contribution in [3.63, 3.8) is 0 Å². The minimum Gasteiger partial charge on any atom is -0.322 e. The van der Waals surface area contributed by atoms with Crippen molar-refractivity contribution in [1.29, 1.82) is 0 Å². The molecular formula is C22H24FN3O4S. The fourth-order valence-corrected chi connectivity index (χ4v) is 5.64. The van der Waals surface area contributed by atoms with E-state index in [0.717, 1.165) is 24.6 Å². The van der Waals surface area contributed by atoms with Gasteiger partial charge in [0.05, 0.1) is 28.2 Å². The second-order valence-corrected chi connectivity index (χ2v) is 10.9. The van der Waals surface area contributed by atoms with E-state index in [2.05, 4.69) is 10.3 Å². The monoisotopic (exact) mass is 445 g/mol. The average Bonchev–Trinajstić information content (AvgIpc) is 3.54. The van der Waals surface area contributed by atoms with Gasteiger partial charge in [0.25, 0.3) is 5.91 Å². The molecule has 0 unspecified atom stereocenters. The fourth-order valence-electron chi connectivity index (χ4n) is 3.92. The SMILES string of the molecule is CC1(C)C(=O)N(CCCS(=O)(=O)C2CC2)c2cc(NC(=O)c3ccncc3F)ccc21. The molecule has 31 heavy (non-hydrogen) atoms. The number of nitrogens with zero attached hydrogens (tertiary/aromatic N) is 2. The number of carbonyl (C=O) groups excluding carboxylic acids is 2. The first-order valence-corrected chi connectivity index (χ1v) is 11.9. The van der Waals surface area contributed by atoms with E-state index in [1.165, 1.54) is 12.3 Å². The molecule has 1 saturated carbocycles. The first-order valence-electron chi connectivity index (χ1n) is 10.2. The molecule has 4 rings (SSSR count). The highest BCUT2D eigenvalue weighted by molar-refractivity contribution is 7.92. The molecule has 2 aliphatic rings. The summed E-state index contributed by atoms with van der Waals surface area (Å²) in [6.45, 7) is 3.91. The molecule has 2 amide bonds. The summed E-state index contributed by atoms with van der Waals surface area (Å²) in [5.41, 5.74) is 0.960. The van der Waals surface area contributed by atoms with Crippen LogP contribution >= 0.6 is 0 Å². The molecular weight excluding hydrogens is 421 g/mol. The van der Waals surface area contributed by atoms with Crippen LogP contribution in [0.2, 0.25) is 0 Å². The molecule has 2 aromatic rings. The van der Waals surface area contributed by atoms with Gasteiger partial charge in [-0.3, -0.25) is 14.6 Å². The Hall–Kier alpha value is -2.81. The smallest absolute Gasteiger partial charge is 0.258 e. The topological polar surface area (TPSA) is 96.4 Å². The number of nitrogens with one attached hydrogen (secondary N) is 1. The highest BCUT2D eigenvalue weighted by atomic mass is 32.2. The van der Waals surface area contributed by atoms with Crippen molar-refractivity contribution in [2.24, 2.45) is 0 Å². The zero-order valence-corrected chi connectivity index (χ0v) is 18.2. The van der Waals surface area contributed by atoms with E-state index in [0.29, 0.717) is 17.8 Å². The Labute approximate surface area is 180 Å². The van der Waals surface area contributed by atoms with Crippen molar-refractivity contribution >= 4 is 33.0 Å². The van der Waals surface area contributed by atoms with Crippen LogP contribution in [0.3, 0.4) is 0 Å². The van der Waals surface area contributed by atoms with Crippen LogP contribution in [0.15, 0.2) is 36.7 Å². The third kappa shape index (κ3) is 4.06. The maximum absolute atomic E-state index is 13.8. The molecule has 0 spiro atoms. The van der Waals surface area contributed by atoms with Crippen LogP contribution in [-0.2, 0) is 20.0 Å². The first-order chi connectivity index (χ1) is 14.6. The average molecular weight is 446 g/mol. The number of anilines is 2. The van der Waals surface area contributed by atoms with Gasteiger partial charge in [-0.25, -0.2) is 12.8 Å². The van der Waals surface area contributed by atoms with Crippen molar-refractivity contribution in [2.45, 2.75) is 43.8 Å². The quantitative estimate of drug-likeness (QED) is 0.707. The number of pyridine rings is 1. The van der Waals surface area contributed by atoms with Crippen LogP contribution < -0.4 is 10.2 Å². The lowest BCUT2D eigenvalue weighted by atomic mass is 9.86. The Kier molecular flexibility index (Phi) is 5.33. The van der Waals surface area contributed by atoms with Gasteiger partial charge >= 0.3 is 0 Å². The largest absolute Gasteiger partial charge is 0.322 e. The maximum Gasteiger partial charge on any atom is 0.258 e. The van der Waals surface area contributed by atoms with Gasteiger partial charge in [0.1, 0.15) is 0 Å². The summed E-state index contributed by atoms with van der Waals surface area (Å²) in [5.74, 6) is -1.41. The molecule has 0 atom stereocenters. The molecule has 0 bridgehead atoms. The molecule has 0 radical (unpaired) electrons. The zero-order chi connectivity index (χ0) is 22.4. The molecule has 1 fully saturated rings. The Morgan fingerprint density at radius 3 is 2.71 bits per heavy atom. The Bertz CT molecular complexity index is 1160. The van der Waals surface area contributed by atoms with E-state index in [1.54, 1.807) is 23.1 Å². The third-order valence-electron chi connectivity index (χ3n) is 5.86. The zero-order valence-electron chi connectivity index (χ0n) is 17.4. The third-order valence-corrected chi connectivity index (χ3v) is 8.20. The lowest BCUT2D eigenvalue weighted by Crippen LogP contribution is -2.37. The number of benzene rings is 1. The van der Waals surface area contributed by atoms with E-state index in [9.17, 15) is 22.4 Å². The van der Waals surface area contributed by atoms with Gasteiger partial charge in [-0.15, -0.1) is 0 Å². The standard InChI is InChI=1S/C22H24FN3O4S/c1-22(2)17-7-4-14(25-20(27)16-8-9-24-13-18(16)23)12-19(17)26(21(22)28)10-3-11-31(29,30)15-5-6-15/h4,7-9,12-13,15H,3,5-6,10-11H2,1-2H3,(H,25,27). The molecule has 1 aliphatic heterocycles. The number of aromatic nitrogens is 1. The van der Waals surface area contributed by atoms with Gasteiger partial charge in [0.15, 0.2) is 15.7 Å². The Morgan fingerprint density at radius 2 is 2.03 bits per heavy atom. The Morgan fingerprint density at radius 1 is 1.29 bits per heavy atom. The van der Waals surface area contributed by atoms with E-state index < -0.39 is 27.0 Å². The van der Waals surface area contributed by atoms with Crippen LogP contribution in [0.25, 0.3) is 0 Å². The summed E-state index contributed by atoms with van der Waals surface area (Å²) in [4.78, 5) is 30.7. The minimum absolute atomic E-state index is 0.0506. The van der Waals surface area contributed by atoms with Crippen LogP contribution in [0, 0.1) is 5.82 Å². The summed E-state index contributed by atoms with van der Waals surface area (Å²) in [5, 5.41) is 2.43. The molecule has 9 heteroatoms. The van der Waals surface area contributed by atoms with Gasteiger partial charge in [0, 0.05) is 24.1 Å². The minimum atomic E-state index is -3.10. The van der Waals surface area contributed by atoms with Crippen LogP contribution in [0.4, 0.5) is 15.8 Å². The fraction of sp³-hybridized carbons (Fsp3) is 0.409. The number of amides is 2. The van der Waals surface area contributed by atoms with Gasteiger partial charge in [-0.2, -0.15) is 0 Å². The van der Waals surface area contributed by atoms with E-state index in [1.807, 2.05) is 13.8 Å². The molecule has 1 N–H and O–H groups in total.